The third-order valence-electron chi connectivity index (χ3n) is 3.77. The molecule has 7 heteroatoms. The molecule has 0 fully saturated rings. The molecular weight excluding hydrogens is 326 g/mol. The van der Waals surface area contributed by atoms with E-state index in [9.17, 15) is 14.0 Å². The van der Waals surface area contributed by atoms with Gasteiger partial charge in [0.05, 0.1) is 16.9 Å². The number of pyridine rings is 1. The van der Waals surface area contributed by atoms with Gasteiger partial charge in [0.2, 0.25) is 0 Å². The molecule has 0 aliphatic heterocycles. The second-order valence-corrected chi connectivity index (χ2v) is 5.32. The molecule has 0 bridgehead atoms. The maximum atomic E-state index is 12.4. The molecule has 1 aromatic heterocycles. The van der Waals surface area contributed by atoms with Crippen LogP contribution in [0.15, 0.2) is 48.5 Å². The minimum atomic E-state index is -2.94. The summed E-state index contributed by atoms with van der Waals surface area (Å²) in [5.74, 6) is -0.0792. The molecule has 5 nitrogen and oxygen atoms in total. The summed E-state index contributed by atoms with van der Waals surface area (Å²) in [7, 11) is 1.80. The summed E-state index contributed by atoms with van der Waals surface area (Å²) in [4.78, 5) is 6.09. The van der Waals surface area contributed by atoms with Crippen LogP contribution < -0.4 is 15.4 Å². The van der Waals surface area contributed by atoms with Crippen molar-refractivity contribution >= 4 is 28.0 Å². The highest BCUT2D eigenvalue weighted by Crippen LogP contribution is 2.34. The Morgan fingerprint density at radius 1 is 1.20 bits per heavy atom. The summed E-state index contributed by atoms with van der Waals surface area (Å²) in [6.45, 7) is -2.94. The number of benzene rings is 2. The molecule has 0 aliphatic rings. The van der Waals surface area contributed by atoms with E-state index in [1.807, 2.05) is 35.2 Å². The van der Waals surface area contributed by atoms with Gasteiger partial charge in [-0.1, -0.05) is 18.2 Å². The molecule has 0 saturated carbocycles. The summed E-state index contributed by atoms with van der Waals surface area (Å²) in [5, 5.41) is 10.1. The number of nitrogen functional groups attached to an aromatic ring is 1. The molecule has 0 unspecified atom stereocenters. The number of alkyl halides is 2. The predicted octanol–water partition coefficient (Wildman–Crippen LogP) is 4.06. The largest absolute Gasteiger partial charge is 0.433 e. The molecule has 2 N–H and O–H groups in total. The maximum Gasteiger partial charge on any atom is 0.387 e. The van der Waals surface area contributed by atoms with Gasteiger partial charge in [-0.25, -0.2) is 4.98 Å². The molecule has 0 spiro atoms. The fourth-order valence-corrected chi connectivity index (χ4v) is 2.58. The summed E-state index contributed by atoms with van der Waals surface area (Å²) in [6, 6.07) is 15.7. The normalized spacial score (nSPS) is 10.7. The number of nitriles is 1. The zero-order valence-corrected chi connectivity index (χ0v) is 13.3. The van der Waals surface area contributed by atoms with Crippen molar-refractivity contribution in [1.82, 2.24) is 4.98 Å². The quantitative estimate of drug-likeness (QED) is 0.725. The van der Waals surface area contributed by atoms with E-state index in [-0.39, 0.29) is 17.1 Å². The summed E-state index contributed by atoms with van der Waals surface area (Å²) in [5.41, 5.74) is 8.30. The van der Waals surface area contributed by atoms with Crippen molar-refractivity contribution in [2.75, 3.05) is 17.7 Å². The van der Waals surface area contributed by atoms with Crippen LogP contribution in [0.4, 0.5) is 25.8 Å². The average Bonchev–Trinajstić information content (AvgIpc) is 2.61. The third kappa shape index (κ3) is 3.28. The van der Waals surface area contributed by atoms with Crippen LogP contribution in [0.5, 0.6) is 5.75 Å². The first-order valence-electron chi connectivity index (χ1n) is 7.37. The van der Waals surface area contributed by atoms with Gasteiger partial charge in [0.15, 0.2) is 0 Å². The summed E-state index contributed by atoms with van der Waals surface area (Å²) >= 11 is 0. The van der Waals surface area contributed by atoms with Crippen molar-refractivity contribution in [3.63, 3.8) is 0 Å². The highest BCUT2D eigenvalue weighted by molar-refractivity contribution is 5.94. The molecule has 0 aliphatic carbocycles. The third-order valence-corrected chi connectivity index (χ3v) is 3.77. The molecule has 0 saturated heterocycles. The first kappa shape index (κ1) is 16.5. The van der Waals surface area contributed by atoms with Crippen LogP contribution in [0.2, 0.25) is 0 Å². The van der Waals surface area contributed by atoms with E-state index in [2.05, 4.69) is 9.72 Å². The van der Waals surface area contributed by atoms with E-state index in [1.54, 1.807) is 25.2 Å². The van der Waals surface area contributed by atoms with Gasteiger partial charge in [-0.15, -0.1) is 0 Å². The fraction of sp³-hybridized carbons (Fsp3) is 0.111. The smallest absolute Gasteiger partial charge is 0.387 e. The Morgan fingerprint density at radius 2 is 1.96 bits per heavy atom. The number of nitrogens with two attached hydrogens (primary N) is 1. The van der Waals surface area contributed by atoms with Crippen molar-refractivity contribution in [3.8, 4) is 11.8 Å². The number of halogens is 2. The van der Waals surface area contributed by atoms with Gasteiger partial charge in [0.1, 0.15) is 17.5 Å². The number of hydrogen-bond donors (Lipinski definition) is 1. The lowest BCUT2D eigenvalue weighted by Gasteiger charge is -2.22. The van der Waals surface area contributed by atoms with Crippen LogP contribution >= 0.6 is 0 Å². The number of ether oxygens (including phenoxy) is 1. The molecule has 0 atom stereocenters. The minimum Gasteiger partial charge on any atom is -0.433 e. The van der Waals surface area contributed by atoms with Crippen LogP contribution in [-0.2, 0) is 0 Å². The molecule has 3 rings (SSSR count). The van der Waals surface area contributed by atoms with Crippen LogP contribution in [0, 0.1) is 11.3 Å². The number of rotatable bonds is 4. The van der Waals surface area contributed by atoms with Gasteiger partial charge >= 0.3 is 6.61 Å². The van der Waals surface area contributed by atoms with E-state index in [4.69, 9.17) is 5.73 Å². The average molecular weight is 340 g/mol. The SMILES string of the molecule is CN(c1ccc(OC(F)F)c(N)c1)c1cc(C#N)nc2ccccc12. The van der Waals surface area contributed by atoms with Crippen molar-refractivity contribution < 1.29 is 13.5 Å². The van der Waals surface area contributed by atoms with Crippen molar-refractivity contribution in [2.24, 2.45) is 0 Å². The molecule has 3 aromatic rings. The van der Waals surface area contributed by atoms with E-state index < -0.39 is 6.61 Å². The standard InChI is InChI=1S/C18H14F2N4O/c1-24(12-6-7-17(14(22)9-12)25-18(19)20)16-8-11(10-21)23-15-5-3-2-4-13(15)16/h2-9,18H,22H2,1H3. The summed E-state index contributed by atoms with van der Waals surface area (Å²) in [6.07, 6.45) is 0. The predicted molar refractivity (Wildman–Crippen MR) is 92.0 cm³/mol. The van der Waals surface area contributed by atoms with Crippen molar-refractivity contribution in [2.45, 2.75) is 6.61 Å². The second-order valence-electron chi connectivity index (χ2n) is 5.32. The Morgan fingerprint density at radius 3 is 2.64 bits per heavy atom. The Kier molecular flexibility index (Phi) is 4.35. The van der Waals surface area contributed by atoms with Gasteiger partial charge in [0, 0.05) is 18.1 Å². The van der Waals surface area contributed by atoms with E-state index in [0.717, 1.165) is 11.1 Å². The molecule has 2 aromatic carbocycles. The van der Waals surface area contributed by atoms with Gasteiger partial charge in [-0.2, -0.15) is 14.0 Å². The number of aromatic nitrogens is 1. The lowest BCUT2D eigenvalue weighted by molar-refractivity contribution is -0.0493. The van der Waals surface area contributed by atoms with Crippen molar-refractivity contribution in [1.29, 1.82) is 5.26 Å². The molecule has 0 amide bonds. The number of fused-ring (bicyclic) bond motifs is 1. The molecule has 126 valence electrons. The van der Waals surface area contributed by atoms with Crippen LogP contribution in [0.3, 0.4) is 0 Å². The van der Waals surface area contributed by atoms with Crippen molar-refractivity contribution in [3.05, 3.63) is 54.2 Å². The lowest BCUT2D eigenvalue weighted by Crippen LogP contribution is -2.12. The zero-order chi connectivity index (χ0) is 18.0. The minimum absolute atomic E-state index is 0.0792. The van der Waals surface area contributed by atoms with Gasteiger partial charge in [-0.05, 0) is 30.3 Å². The number of anilines is 3. The van der Waals surface area contributed by atoms with Gasteiger partial charge < -0.3 is 15.4 Å². The van der Waals surface area contributed by atoms with Crippen LogP contribution in [-0.4, -0.2) is 18.6 Å². The number of hydrogen-bond acceptors (Lipinski definition) is 5. The van der Waals surface area contributed by atoms with E-state index in [1.165, 1.54) is 6.07 Å². The van der Waals surface area contributed by atoms with Crippen LogP contribution in [0.25, 0.3) is 10.9 Å². The highest BCUT2D eigenvalue weighted by Gasteiger charge is 2.14. The van der Waals surface area contributed by atoms with E-state index in [0.29, 0.717) is 11.2 Å². The highest BCUT2D eigenvalue weighted by atomic mass is 19.3. The molecule has 25 heavy (non-hydrogen) atoms. The topological polar surface area (TPSA) is 75.2 Å². The lowest BCUT2D eigenvalue weighted by atomic mass is 10.1. The molecule has 0 radical (unpaired) electrons. The number of para-hydroxylation sites is 1. The number of nitrogens with zero attached hydrogens (tertiary/aromatic N) is 3. The molecular formula is C18H14F2N4O. The Bertz CT molecular complexity index is 969. The van der Waals surface area contributed by atoms with Gasteiger partial charge in [0.25, 0.3) is 0 Å². The Balaban J connectivity index is 2.07. The monoisotopic (exact) mass is 340 g/mol. The summed E-state index contributed by atoms with van der Waals surface area (Å²) < 4.78 is 29.1. The Labute approximate surface area is 142 Å². The second kappa shape index (κ2) is 6.61. The first-order chi connectivity index (χ1) is 12.0. The Hall–Kier alpha value is -3.40. The fourth-order valence-electron chi connectivity index (χ4n) is 2.58. The van der Waals surface area contributed by atoms with E-state index >= 15 is 0 Å². The van der Waals surface area contributed by atoms with Crippen LogP contribution in [0.1, 0.15) is 5.69 Å². The van der Waals surface area contributed by atoms with Gasteiger partial charge in [-0.3, -0.25) is 0 Å². The molecule has 1 heterocycles. The first-order valence-corrected chi connectivity index (χ1v) is 7.37. The zero-order valence-electron chi connectivity index (χ0n) is 13.3. The maximum absolute atomic E-state index is 12.4.